The first-order valence-corrected chi connectivity index (χ1v) is 5.64. The van der Waals surface area contributed by atoms with Crippen LogP contribution >= 0.6 is 0 Å². The summed E-state index contributed by atoms with van der Waals surface area (Å²) in [7, 11) is 0. The van der Waals surface area contributed by atoms with Crippen molar-refractivity contribution < 1.29 is 9.90 Å². The van der Waals surface area contributed by atoms with Crippen molar-refractivity contribution in [3.05, 3.63) is 0 Å². The molecular weight excluding hydrogens is 176 g/mol. The average molecular weight is 197 g/mol. The Balaban J connectivity index is 2.71. The van der Waals surface area contributed by atoms with Crippen molar-refractivity contribution >= 4 is 5.97 Å². The number of hydrogen-bond acceptors (Lipinski definition) is 2. The van der Waals surface area contributed by atoms with Gasteiger partial charge >= 0.3 is 0 Å². The van der Waals surface area contributed by atoms with Gasteiger partial charge in [0.25, 0.3) is 0 Å². The van der Waals surface area contributed by atoms with Gasteiger partial charge in [0.15, 0.2) is 0 Å². The minimum atomic E-state index is -0.857. The lowest BCUT2D eigenvalue weighted by molar-refractivity contribution is -0.317. The Kier molecular flexibility index (Phi) is 3.57. The van der Waals surface area contributed by atoms with Gasteiger partial charge in [-0.05, 0) is 24.2 Å². The van der Waals surface area contributed by atoms with Crippen LogP contribution in [0.3, 0.4) is 0 Å². The van der Waals surface area contributed by atoms with E-state index in [1.54, 1.807) is 0 Å². The van der Waals surface area contributed by atoms with E-state index < -0.39 is 5.97 Å². The highest BCUT2D eigenvalue weighted by molar-refractivity contribution is 5.69. The fourth-order valence-electron chi connectivity index (χ4n) is 2.72. The van der Waals surface area contributed by atoms with E-state index in [0.29, 0.717) is 5.92 Å². The first-order valence-electron chi connectivity index (χ1n) is 5.64. The highest BCUT2D eigenvalue weighted by Gasteiger charge is 2.33. The van der Waals surface area contributed by atoms with Crippen LogP contribution < -0.4 is 5.11 Å². The van der Waals surface area contributed by atoms with Gasteiger partial charge in [0, 0.05) is 11.9 Å². The maximum Gasteiger partial charge on any atom is 0.0453 e. The van der Waals surface area contributed by atoms with E-state index in [-0.39, 0.29) is 11.3 Å². The Morgan fingerprint density at radius 1 is 1.21 bits per heavy atom. The van der Waals surface area contributed by atoms with Crippen molar-refractivity contribution in [3.63, 3.8) is 0 Å². The summed E-state index contributed by atoms with van der Waals surface area (Å²) in [6, 6.07) is 0. The van der Waals surface area contributed by atoms with Crippen molar-refractivity contribution in [2.24, 2.45) is 17.3 Å². The lowest BCUT2D eigenvalue weighted by Gasteiger charge is -2.39. The summed E-state index contributed by atoms with van der Waals surface area (Å²) in [5.41, 5.74) is -0.166. The van der Waals surface area contributed by atoms with E-state index in [9.17, 15) is 9.90 Å². The topological polar surface area (TPSA) is 40.1 Å². The highest BCUT2D eigenvalue weighted by atomic mass is 16.4. The largest absolute Gasteiger partial charge is 0.550 e. The van der Waals surface area contributed by atoms with Gasteiger partial charge in [0.2, 0.25) is 0 Å². The van der Waals surface area contributed by atoms with Crippen LogP contribution in [0.15, 0.2) is 0 Å². The first kappa shape index (κ1) is 11.5. The van der Waals surface area contributed by atoms with E-state index in [1.165, 1.54) is 19.3 Å². The maximum absolute atomic E-state index is 11.1. The predicted octanol–water partition coefficient (Wildman–Crippen LogP) is 1.98. The molecule has 0 aliphatic heterocycles. The lowest BCUT2D eigenvalue weighted by atomic mass is 9.68. The van der Waals surface area contributed by atoms with Gasteiger partial charge in [0.1, 0.15) is 0 Å². The fourth-order valence-corrected chi connectivity index (χ4v) is 2.72. The van der Waals surface area contributed by atoms with Crippen molar-refractivity contribution in [1.29, 1.82) is 0 Å². The minimum Gasteiger partial charge on any atom is -0.550 e. The number of hydrogen-bond donors (Lipinski definition) is 0. The van der Waals surface area contributed by atoms with E-state index in [4.69, 9.17) is 0 Å². The summed E-state index contributed by atoms with van der Waals surface area (Å²) in [6.07, 6.45) is 5.77. The molecule has 1 aliphatic rings. The van der Waals surface area contributed by atoms with Gasteiger partial charge in [-0.2, -0.15) is 0 Å². The zero-order valence-electron chi connectivity index (χ0n) is 9.51. The number of carboxylic acid groups (broad SMARTS) is 1. The van der Waals surface area contributed by atoms with Crippen LogP contribution in [-0.4, -0.2) is 5.97 Å². The molecule has 0 heterocycles. The quantitative estimate of drug-likeness (QED) is 0.679. The second kappa shape index (κ2) is 4.33. The van der Waals surface area contributed by atoms with Gasteiger partial charge in [-0.25, -0.2) is 0 Å². The molecule has 1 rings (SSSR count). The molecule has 1 unspecified atom stereocenters. The van der Waals surface area contributed by atoms with Crippen LogP contribution in [0.2, 0.25) is 0 Å². The van der Waals surface area contributed by atoms with Crippen LogP contribution in [0.25, 0.3) is 0 Å². The summed E-state index contributed by atoms with van der Waals surface area (Å²) in [4.78, 5) is 11.1. The van der Waals surface area contributed by atoms with E-state index in [0.717, 1.165) is 12.8 Å². The van der Waals surface area contributed by atoms with E-state index in [1.807, 2.05) is 20.8 Å². The number of carbonyl (C=O) groups is 1. The second-order valence-corrected chi connectivity index (χ2v) is 5.56. The molecule has 2 heteroatoms. The Labute approximate surface area is 86.7 Å². The van der Waals surface area contributed by atoms with E-state index in [2.05, 4.69) is 0 Å². The molecule has 0 aromatic heterocycles. The molecule has 0 aromatic carbocycles. The molecule has 0 spiro atoms. The number of aliphatic carboxylic acids is 1. The third kappa shape index (κ3) is 2.73. The molecule has 1 fully saturated rings. The molecule has 0 aromatic rings. The number of rotatable bonds is 2. The van der Waals surface area contributed by atoms with Crippen LogP contribution in [-0.2, 0) is 4.79 Å². The zero-order chi connectivity index (χ0) is 10.8. The van der Waals surface area contributed by atoms with Gasteiger partial charge < -0.3 is 9.90 Å². The molecule has 1 saturated carbocycles. The molecule has 0 saturated heterocycles. The van der Waals surface area contributed by atoms with Crippen molar-refractivity contribution in [3.8, 4) is 0 Å². The summed E-state index contributed by atoms with van der Waals surface area (Å²) in [6.45, 7) is 6.01. The second-order valence-electron chi connectivity index (χ2n) is 5.56. The Morgan fingerprint density at radius 2 is 1.71 bits per heavy atom. The molecule has 14 heavy (non-hydrogen) atoms. The standard InChI is InChI=1S/C12H22O2/c1-12(2,3)10(11(13)14)9-7-5-4-6-8-9/h9-10H,4-8H2,1-3H3,(H,13,14)/p-1. The third-order valence-electron chi connectivity index (χ3n) is 3.31. The Bertz CT molecular complexity index is 197. The summed E-state index contributed by atoms with van der Waals surface area (Å²) in [5, 5.41) is 11.1. The normalized spacial score (nSPS) is 21.9. The van der Waals surface area contributed by atoms with E-state index >= 15 is 0 Å². The van der Waals surface area contributed by atoms with Gasteiger partial charge in [-0.15, -0.1) is 0 Å². The maximum atomic E-state index is 11.1. The van der Waals surface area contributed by atoms with Crippen LogP contribution in [0.4, 0.5) is 0 Å². The Morgan fingerprint density at radius 3 is 2.07 bits per heavy atom. The highest BCUT2D eigenvalue weighted by Crippen LogP contribution is 2.39. The molecular formula is C12H21O2-. The van der Waals surface area contributed by atoms with Crippen molar-refractivity contribution in [2.45, 2.75) is 52.9 Å². The molecule has 1 atom stereocenters. The molecule has 0 N–H and O–H groups in total. The first-order chi connectivity index (χ1) is 6.43. The SMILES string of the molecule is CC(C)(C)C(C(=O)[O-])C1CCCCC1. The Hall–Kier alpha value is -0.530. The van der Waals surface area contributed by atoms with Crippen LogP contribution in [0, 0.1) is 17.3 Å². The molecule has 0 amide bonds. The fraction of sp³-hybridized carbons (Fsp3) is 0.917. The monoisotopic (exact) mass is 197 g/mol. The van der Waals surface area contributed by atoms with Crippen LogP contribution in [0.5, 0.6) is 0 Å². The summed E-state index contributed by atoms with van der Waals surface area (Å²) >= 11 is 0. The minimum absolute atomic E-state index is 0.166. The van der Waals surface area contributed by atoms with Crippen molar-refractivity contribution in [2.75, 3.05) is 0 Å². The summed E-state index contributed by atoms with van der Waals surface area (Å²) in [5.74, 6) is -0.791. The third-order valence-corrected chi connectivity index (χ3v) is 3.31. The molecule has 0 radical (unpaired) electrons. The van der Waals surface area contributed by atoms with Gasteiger partial charge in [-0.3, -0.25) is 0 Å². The molecule has 82 valence electrons. The number of carboxylic acids is 1. The molecule has 1 aliphatic carbocycles. The molecule has 0 bridgehead atoms. The molecule has 2 nitrogen and oxygen atoms in total. The summed E-state index contributed by atoms with van der Waals surface area (Å²) < 4.78 is 0. The van der Waals surface area contributed by atoms with Gasteiger partial charge in [-0.1, -0.05) is 40.0 Å². The van der Waals surface area contributed by atoms with Gasteiger partial charge in [0.05, 0.1) is 0 Å². The predicted molar refractivity (Wildman–Crippen MR) is 54.5 cm³/mol. The lowest BCUT2D eigenvalue weighted by Crippen LogP contribution is -2.44. The zero-order valence-corrected chi connectivity index (χ0v) is 9.51. The smallest absolute Gasteiger partial charge is 0.0453 e. The number of carbonyl (C=O) groups excluding carboxylic acids is 1. The van der Waals surface area contributed by atoms with Crippen molar-refractivity contribution in [1.82, 2.24) is 0 Å². The van der Waals surface area contributed by atoms with Crippen LogP contribution in [0.1, 0.15) is 52.9 Å². The average Bonchev–Trinajstić information content (AvgIpc) is 2.02.